The lowest BCUT2D eigenvalue weighted by atomic mass is 9.97. The highest BCUT2D eigenvalue weighted by molar-refractivity contribution is 6.04. The van der Waals surface area contributed by atoms with Crippen molar-refractivity contribution in [2.45, 2.75) is 65.4 Å². The summed E-state index contributed by atoms with van der Waals surface area (Å²) in [7, 11) is 0. The lowest BCUT2D eigenvalue weighted by Gasteiger charge is -2.18. The fraction of sp³-hybridized carbons (Fsp3) is 0.636. The van der Waals surface area contributed by atoms with Crippen LogP contribution in [0.5, 0.6) is 0 Å². The number of aliphatic hydroxyl groups excluding tert-OH is 1. The van der Waals surface area contributed by atoms with E-state index in [1.807, 2.05) is 13.8 Å². The van der Waals surface area contributed by atoms with Crippen molar-refractivity contribution in [1.29, 1.82) is 0 Å². The molecule has 0 amide bonds. The minimum absolute atomic E-state index is 0.0452. The second-order valence-corrected chi connectivity index (χ2v) is 6.69. The second kappa shape index (κ2) is 14.1. The lowest BCUT2D eigenvalue weighted by Crippen LogP contribution is -2.20. The summed E-state index contributed by atoms with van der Waals surface area (Å²) >= 11 is 0. The molecule has 1 N–H and O–H groups in total. The number of unbranched alkanes of at least 4 members (excludes halogenated alkanes) is 3. The number of rotatable bonds is 14. The third-order valence-corrected chi connectivity index (χ3v) is 4.26. The Bertz CT molecular complexity index is 599. The lowest BCUT2D eigenvalue weighted by molar-refractivity contribution is 0.0316. The minimum Gasteiger partial charge on any atom is -0.462 e. The first-order valence-electron chi connectivity index (χ1n) is 10.3. The van der Waals surface area contributed by atoms with Gasteiger partial charge in [0.1, 0.15) is 6.10 Å². The van der Waals surface area contributed by atoms with Crippen molar-refractivity contribution >= 4 is 11.9 Å². The average molecular weight is 395 g/mol. The minimum atomic E-state index is -1.03. The molecule has 0 aromatic heterocycles. The van der Waals surface area contributed by atoms with E-state index in [0.29, 0.717) is 12.2 Å². The van der Waals surface area contributed by atoms with Gasteiger partial charge in [-0.3, -0.25) is 0 Å². The summed E-state index contributed by atoms with van der Waals surface area (Å²) in [5, 5.41) is 10.6. The van der Waals surface area contributed by atoms with Gasteiger partial charge < -0.3 is 19.3 Å². The van der Waals surface area contributed by atoms with Gasteiger partial charge in [-0.2, -0.15) is 0 Å². The smallest absolute Gasteiger partial charge is 0.339 e. The molecule has 0 spiro atoms. The van der Waals surface area contributed by atoms with E-state index in [0.717, 1.165) is 38.5 Å². The molecule has 0 fully saturated rings. The number of esters is 2. The number of carbonyl (C=O) groups is 2. The van der Waals surface area contributed by atoms with Gasteiger partial charge in [-0.25, -0.2) is 9.59 Å². The van der Waals surface area contributed by atoms with Crippen LogP contribution in [0.25, 0.3) is 0 Å². The van der Waals surface area contributed by atoms with Crippen molar-refractivity contribution in [1.82, 2.24) is 0 Å². The Labute approximate surface area is 168 Å². The number of hydrogen-bond acceptors (Lipinski definition) is 6. The van der Waals surface area contributed by atoms with Crippen LogP contribution in [-0.2, 0) is 14.2 Å². The van der Waals surface area contributed by atoms with Crippen molar-refractivity contribution in [3.63, 3.8) is 0 Å². The molecule has 0 saturated heterocycles. The van der Waals surface area contributed by atoms with Crippen LogP contribution in [0.4, 0.5) is 0 Å². The highest BCUT2D eigenvalue weighted by Gasteiger charge is 2.26. The Morgan fingerprint density at radius 2 is 1.46 bits per heavy atom. The molecular formula is C22H34O6. The Kier molecular flexibility index (Phi) is 12.2. The Balaban J connectivity index is 3.06. The van der Waals surface area contributed by atoms with Crippen molar-refractivity contribution in [2.24, 2.45) is 0 Å². The third-order valence-electron chi connectivity index (χ3n) is 4.26. The molecule has 0 aliphatic rings. The van der Waals surface area contributed by atoms with E-state index in [1.165, 1.54) is 6.07 Å². The van der Waals surface area contributed by atoms with E-state index in [-0.39, 0.29) is 30.9 Å². The molecule has 0 aliphatic carbocycles. The van der Waals surface area contributed by atoms with Crippen LogP contribution in [-0.4, -0.2) is 43.5 Å². The number of hydrogen-bond donors (Lipinski definition) is 1. The van der Waals surface area contributed by atoms with Crippen molar-refractivity contribution in [3.05, 3.63) is 34.9 Å². The topological polar surface area (TPSA) is 82.1 Å². The molecule has 6 heteroatoms. The fourth-order valence-electron chi connectivity index (χ4n) is 2.55. The van der Waals surface area contributed by atoms with Crippen LogP contribution >= 0.6 is 0 Å². The summed E-state index contributed by atoms with van der Waals surface area (Å²) in [6.45, 7) is 7.17. The highest BCUT2D eigenvalue weighted by Crippen LogP contribution is 2.24. The number of aliphatic hydroxyl groups is 1. The number of ether oxygens (including phenoxy) is 3. The largest absolute Gasteiger partial charge is 0.462 e. The molecular weight excluding hydrogens is 360 g/mol. The van der Waals surface area contributed by atoms with Crippen LogP contribution < -0.4 is 0 Å². The second-order valence-electron chi connectivity index (χ2n) is 6.69. The standard InChI is InChI=1S/C22H34O6/c1-4-7-13-26-16-19(23)17-11-10-12-18(21(24)27-14-8-5-2)20(17)22(25)28-15-9-6-3/h10-12,19,23H,4-9,13-16H2,1-3H3. The van der Waals surface area contributed by atoms with Gasteiger partial charge in [0.15, 0.2) is 0 Å². The van der Waals surface area contributed by atoms with Crippen molar-refractivity contribution in [3.8, 4) is 0 Å². The van der Waals surface area contributed by atoms with E-state index < -0.39 is 18.0 Å². The van der Waals surface area contributed by atoms with Crippen LogP contribution in [0, 0.1) is 0 Å². The predicted molar refractivity (Wildman–Crippen MR) is 108 cm³/mol. The van der Waals surface area contributed by atoms with Gasteiger partial charge in [-0.05, 0) is 30.9 Å². The first-order chi connectivity index (χ1) is 13.6. The summed E-state index contributed by atoms with van der Waals surface area (Å²) < 4.78 is 16.1. The molecule has 0 saturated carbocycles. The number of carbonyl (C=O) groups excluding carboxylic acids is 2. The van der Waals surface area contributed by atoms with E-state index in [4.69, 9.17) is 14.2 Å². The molecule has 158 valence electrons. The molecule has 1 unspecified atom stereocenters. The fourth-order valence-corrected chi connectivity index (χ4v) is 2.55. The summed E-state index contributed by atoms with van der Waals surface area (Å²) in [5.74, 6) is -1.21. The summed E-state index contributed by atoms with van der Waals surface area (Å²) in [6.07, 6.45) is 4.10. The molecule has 0 aliphatic heterocycles. The maximum absolute atomic E-state index is 12.7. The third kappa shape index (κ3) is 7.98. The highest BCUT2D eigenvalue weighted by atomic mass is 16.5. The van der Waals surface area contributed by atoms with Gasteiger partial charge in [0, 0.05) is 6.61 Å². The van der Waals surface area contributed by atoms with Crippen LogP contribution in [0.2, 0.25) is 0 Å². The predicted octanol–water partition coefficient (Wildman–Crippen LogP) is 4.45. The van der Waals surface area contributed by atoms with Crippen LogP contribution in [0.15, 0.2) is 18.2 Å². The summed E-state index contributed by atoms with van der Waals surface area (Å²) in [4.78, 5) is 25.2. The molecule has 28 heavy (non-hydrogen) atoms. The van der Waals surface area contributed by atoms with Gasteiger partial charge in [-0.1, -0.05) is 52.2 Å². The van der Waals surface area contributed by atoms with Crippen LogP contribution in [0.1, 0.15) is 91.7 Å². The van der Waals surface area contributed by atoms with E-state index in [2.05, 4.69) is 6.92 Å². The normalized spacial score (nSPS) is 11.9. The first-order valence-corrected chi connectivity index (χ1v) is 10.3. The molecule has 6 nitrogen and oxygen atoms in total. The Hall–Kier alpha value is -1.92. The zero-order chi connectivity index (χ0) is 20.8. The van der Waals surface area contributed by atoms with Crippen molar-refractivity contribution < 1.29 is 28.9 Å². The monoisotopic (exact) mass is 394 g/mol. The molecule has 1 aromatic carbocycles. The Morgan fingerprint density at radius 3 is 2.07 bits per heavy atom. The molecule has 1 atom stereocenters. The molecule has 0 heterocycles. The first kappa shape index (κ1) is 24.1. The van der Waals surface area contributed by atoms with Gasteiger partial charge >= 0.3 is 11.9 Å². The molecule has 1 rings (SSSR count). The molecule has 1 aromatic rings. The maximum Gasteiger partial charge on any atom is 0.339 e. The van der Waals surface area contributed by atoms with Gasteiger partial charge in [-0.15, -0.1) is 0 Å². The van der Waals surface area contributed by atoms with Crippen molar-refractivity contribution in [2.75, 3.05) is 26.4 Å². The van der Waals surface area contributed by atoms with Gasteiger partial charge in [0.25, 0.3) is 0 Å². The van der Waals surface area contributed by atoms with E-state index in [1.54, 1.807) is 12.1 Å². The maximum atomic E-state index is 12.7. The van der Waals surface area contributed by atoms with Gasteiger partial charge in [0.2, 0.25) is 0 Å². The zero-order valence-corrected chi connectivity index (χ0v) is 17.4. The van der Waals surface area contributed by atoms with E-state index >= 15 is 0 Å². The summed E-state index contributed by atoms with van der Waals surface area (Å²) in [5.41, 5.74) is 0.498. The summed E-state index contributed by atoms with van der Waals surface area (Å²) in [6, 6.07) is 4.77. The quantitative estimate of drug-likeness (QED) is 0.371. The van der Waals surface area contributed by atoms with E-state index in [9.17, 15) is 14.7 Å². The zero-order valence-electron chi connectivity index (χ0n) is 17.4. The average Bonchev–Trinajstić information content (AvgIpc) is 2.70. The number of benzene rings is 1. The Morgan fingerprint density at radius 1 is 0.893 bits per heavy atom. The van der Waals surface area contributed by atoms with Gasteiger partial charge in [0.05, 0.1) is 30.9 Å². The molecule has 0 bridgehead atoms. The molecule has 0 radical (unpaired) electrons. The SMILES string of the molecule is CCCCOCC(O)c1cccc(C(=O)OCCCC)c1C(=O)OCCCC. The van der Waals surface area contributed by atoms with Crippen LogP contribution in [0.3, 0.4) is 0 Å².